The molecule has 2 heterocycles. The summed E-state index contributed by atoms with van der Waals surface area (Å²) < 4.78 is 48.8. The molecule has 8 nitrogen and oxygen atoms in total. The summed E-state index contributed by atoms with van der Waals surface area (Å²) in [5.74, 6) is 0.863. The van der Waals surface area contributed by atoms with Crippen LogP contribution in [0.1, 0.15) is 17.1 Å². The summed E-state index contributed by atoms with van der Waals surface area (Å²) in [5, 5.41) is 22.2. The Balaban J connectivity index is 1.90. The molecule has 0 saturated carbocycles. The molecule has 0 atom stereocenters. The molecule has 0 spiro atoms. The lowest BCUT2D eigenvalue weighted by Gasteiger charge is -2.10. The standard InChI is InChI=1S/C18H12F3N3O5/c1-28-15-6-3-12(24(26)27)9-14(15)16-7-5-13(29-16)4-2-11-8-17(18(19,20)21)23(25)10-22-11/h2-10H,1H3. The molecule has 1 aromatic carbocycles. The summed E-state index contributed by atoms with van der Waals surface area (Å²) in [4.78, 5) is 14.0. The van der Waals surface area contributed by atoms with E-state index in [1.54, 1.807) is 0 Å². The molecule has 0 bridgehead atoms. The number of benzene rings is 1. The van der Waals surface area contributed by atoms with Crippen LogP contribution in [0, 0.1) is 15.3 Å². The molecular weight excluding hydrogens is 395 g/mol. The van der Waals surface area contributed by atoms with E-state index in [0.717, 1.165) is 0 Å². The van der Waals surface area contributed by atoms with Gasteiger partial charge in [0.15, 0.2) is 5.69 Å². The Kier molecular flexibility index (Phi) is 5.22. The van der Waals surface area contributed by atoms with Gasteiger partial charge in [0, 0.05) is 18.2 Å². The normalized spacial score (nSPS) is 11.7. The third-order valence-corrected chi connectivity index (χ3v) is 3.83. The van der Waals surface area contributed by atoms with E-state index in [-0.39, 0.29) is 27.6 Å². The van der Waals surface area contributed by atoms with Crippen molar-refractivity contribution < 1.29 is 32.0 Å². The third-order valence-electron chi connectivity index (χ3n) is 3.83. The Labute approximate surface area is 161 Å². The molecule has 0 aliphatic heterocycles. The first-order valence-electron chi connectivity index (χ1n) is 7.96. The fourth-order valence-electron chi connectivity index (χ4n) is 2.48. The Morgan fingerprint density at radius 2 is 1.97 bits per heavy atom. The first kappa shape index (κ1) is 19.9. The maximum absolute atomic E-state index is 12.8. The second-order valence-electron chi connectivity index (χ2n) is 5.70. The van der Waals surface area contributed by atoms with E-state index in [1.165, 1.54) is 49.6 Å². The summed E-state index contributed by atoms with van der Waals surface area (Å²) in [7, 11) is 1.40. The lowest BCUT2D eigenvalue weighted by atomic mass is 10.1. The van der Waals surface area contributed by atoms with Crippen LogP contribution in [-0.2, 0) is 6.18 Å². The summed E-state index contributed by atoms with van der Waals surface area (Å²) in [6.45, 7) is 0. The van der Waals surface area contributed by atoms with Gasteiger partial charge >= 0.3 is 6.18 Å². The second-order valence-corrected chi connectivity index (χ2v) is 5.70. The molecule has 3 rings (SSSR count). The minimum absolute atomic E-state index is 0.102. The van der Waals surface area contributed by atoms with Crippen LogP contribution < -0.4 is 9.47 Å². The van der Waals surface area contributed by atoms with E-state index in [0.29, 0.717) is 23.7 Å². The molecule has 0 N–H and O–H groups in total. The fourth-order valence-corrected chi connectivity index (χ4v) is 2.48. The van der Waals surface area contributed by atoms with Crippen LogP contribution in [0.3, 0.4) is 0 Å². The predicted molar refractivity (Wildman–Crippen MR) is 94.5 cm³/mol. The van der Waals surface area contributed by atoms with Gasteiger partial charge in [-0.2, -0.15) is 13.2 Å². The first-order valence-corrected chi connectivity index (χ1v) is 7.96. The zero-order valence-electron chi connectivity index (χ0n) is 14.7. The molecular formula is C18H12F3N3O5. The maximum atomic E-state index is 12.8. The van der Waals surface area contributed by atoms with Crippen molar-refractivity contribution in [2.24, 2.45) is 0 Å². The van der Waals surface area contributed by atoms with E-state index >= 15 is 0 Å². The average Bonchev–Trinajstić information content (AvgIpc) is 3.14. The minimum Gasteiger partial charge on any atom is -0.711 e. The number of ether oxygens (including phenoxy) is 1. The quantitative estimate of drug-likeness (QED) is 0.273. The van der Waals surface area contributed by atoms with Gasteiger partial charge in [-0.15, -0.1) is 0 Å². The summed E-state index contributed by atoms with van der Waals surface area (Å²) >= 11 is 0. The molecule has 3 aromatic rings. The molecule has 0 aliphatic rings. The third kappa shape index (κ3) is 4.34. The topological polar surface area (TPSA) is 105 Å². The highest BCUT2D eigenvalue weighted by Crippen LogP contribution is 2.34. The van der Waals surface area contributed by atoms with Crippen molar-refractivity contribution in [2.45, 2.75) is 6.18 Å². The van der Waals surface area contributed by atoms with Gasteiger partial charge < -0.3 is 14.4 Å². The number of hydrogen-bond donors (Lipinski definition) is 0. The molecule has 0 saturated heterocycles. The largest absolute Gasteiger partial charge is 0.711 e. The van der Waals surface area contributed by atoms with Crippen molar-refractivity contribution in [3.63, 3.8) is 0 Å². The lowest BCUT2D eigenvalue weighted by molar-refractivity contribution is -0.632. The van der Waals surface area contributed by atoms with Crippen LogP contribution in [-0.4, -0.2) is 17.0 Å². The van der Waals surface area contributed by atoms with E-state index < -0.39 is 16.8 Å². The smallest absolute Gasteiger partial charge is 0.454 e. The van der Waals surface area contributed by atoms with Gasteiger partial charge in [-0.25, -0.2) is 4.73 Å². The number of alkyl halides is 3. The predicted octanol–water partition coefficient (Wildman–Crippen LogP) is 4.08. The highest BCUT2D eigenvalue weighted by Gasteiger charge is 2.37. The number of nitro groups is 1. The van der Waals surface area contributed by atoms with Gasteiger partial charge in [0.05, 0.1) is 17.6 Å². The monoisotopic (exact) mass is 407 g/mol. The van der Waals surface area contributed by atoms with Crippen LogP contribution in [0.25, 0.3) is 23.5 Å². The average molecular weight is 407 g/mol. The summed E-state index contributed by atoms with van der Waals surface area (Å²) in [5.41, 5.74) is -1.32. The molecule has 2 aromatic heterocycles. The second kappa shape index (κ2) is 7.62. The van der Waals surface area contributed by atoms with E-state index in [4.69, 9.17) is 9.15 Å². The van der Waals surface area contributed by atoms with Crippen LogP contribution in [0.4, 0.5) is 18.9 Å². The van der Waals surface area contributed by atoms with Gasteiger partial charge in [-0.1, -0.05) is 0 Å². The number of methoxy groups -OCH3 is 1. The van der Waals surface area contributed by atoms with Crippen molar-refractivity contribution >= 4 is 17.8 Å². The highest BCUT2D eigenvalue weighted by atomic mass is 19.4. The summed E-state index contributed by atoms with van der Waals surface area (Å²) in [6.07, 6.45) is -1.71. The minimum atomic E-state index is -4.82. The number of furan rings is 1. The first-order chi connectivity index (χ1) is 13.7. The van der Waals surface area contributed by atoms with Crippen molar-refractivity contribution in [1.82, 2.24) is 4.98 Å². The molecule has 0 unspecified atom stereocenters. The number of non-ortho nitro benzene ring substituents is 1. The molecule has 0 aliphatic carbocycles. The molecule has 11 heteroatoms. The zero-order chi connectivity index (χ0) is 21.2. The van der Waals surface area contributed by atoms with E-state index in [9.17, 15) is 28.5 Å². The van der Waals surface area contributed by atoms with Crippen molar-refractivity contribution in [3.8, 4) is 17.1 Å². The van der Waals surface area contributed by atoms with Gasteiger partial charge in [-0.3, -0.25) is 10.1 Å². The van der Waals surface area contributed by atoms with Crippen molar-refractivity contribution in [3.05, 3.63) is 75.2 Å². The summed E-state index contributed by atoms with van der Waals surface area (Å²) in [6, 6.07) is 7.66. The Bertz CT molecular complexity index is 1090. The van der Waals surface area contributed by atoms with Crippen LogP contribution in [0.5, 0.6) is 5.75 Å². The molecule has 0 radical (unpaired) electrons. The zero-order valence-corrected chi connectivity index (χ0v) is 14.7. The number of rotatable bonds is 5. The number of nitro benzene ring substituents is 1. The number of nitrogens with zero attached hydrogens (tertiary/aromatic N) is 3. The number of halogens is 3. The molecule has 0 fully saturated rings. The van der Waals surface area contributed by atoms with Gasteiger partial charge in [0.25, 0.3) is 12.0 Å². The Morgan fingerprint density at radius 3 is 2.62 bits per heavy atom. The van der Waals surface area contributed by atoms with E-state index in [1.807, 2.05) is 0 Å². The van der Waals surface area contributed by atoms with Crippen molar-refractivity contribution in [1.29, 1.82) is 0 Å². The Hall–Kier alpha value is -3.89. The fraction of sp³-hybridized carbons (Fsp3) is 0.111. The van der Waals surface area contributed by atoms with Gasteiger partial charge in [0.2, 0.25) is 5.69 Å². The van der Waals surface area contributed by atoms with E-state index in [2.05, 4.69) is 4.98 Å². The van der Waals surface area contributed by atoms with Crippen LogP contribution in [0.2, 0.25) is 0 Å². The van der Waals surface area contributed by atoms with Gasteiger partial charge in [-0.05, 0) is 35.3 Å². The number of hydrogen-bond acceptors (Lipinski definition) is 6. The Morgan fingerprint density at radius 1 is 1.21 bits per heavy atom. The highest BCUT2D eigenvalue weighted by molar-refractivity contribution is 5.72. The lowest BCUT2D eigenvalue weighted by Crippen LogP contribution is -2.37. The van der Waals surface area contributed by atoms with Crippen LogP contribution in [0.15, 0.2) is 47.1 Å². The van der Waals surface area contributed by atoms with Crippen molar-refractivity contribution in [2.75, 3.05) is 7.11 Å². The molecule has 150 valence electrons. The molecule has 0 amide bonds. The van der Waals surface area contributed by atoms with Gasteiger partial charge in [0.1, 0.15) is 17.3 Å². The maximum Gasteiger partial charge on any atom is 0.454 e. The number of aromatic nitrogens is 2. The van der Waals surface area contributed by atoms with Crippen LogP contribution >= 0.6 is 0 Å². The SMILES string of the molecule is COc1ccc([N+](=O)[O-])cc1-c1ccc(C=Cc2cc(C(F)(F)F)[n+]([O-])cn2)o1. The molecule has 29 heavy (non-hydrogen) atoms.